The molecule has 0 aromatic carbocycles. The summed E-state index contributed by atoms with van der Waals surface area (Å²) in [7, 11) is 0. The van der Waals surface area contributed by atoms with Gasteiger partial charge in [-0.15, -0.1) is 20.4 Å². The Labute approximate surface area is 284 Å². The molecule has 0 saturated heterocycles. The second-order valence-electron chi connectivity index (χ2n) is 9.68. The van der Waals surface area contributed by atoms with E-state index in [0.717, 1.165) is 11.4 Å². The molecule has 0 spiro atoms. The molecule has 6 aromatic heterocycles. The van der Waals surface area contributed by atoms with Crippen LogP contribution in [0.25, 0.3) is 0 Å². The summed E-state index contributed by atoms with van der Waals surface area (Å²) >= 11 is 5.73. The third-order valence-electron chi connectivity index (χ3n) is 5.81. The first-order chi connectivity index (χ1) is 23.6. The van der Waals surface area contributed by atoms with Crippen molar-refractivity contribution in [1.82, 2.24) is 40.3 Å². The zero-order chi connectivity index (χ0) is 35.2. The van der Waals surface area contributed by atoms with Crippen LogP contribution in [0.15, 0.2) is 97.6 Å². The Balaban J connectivity index is 0.000000189. The van der Waals surface area contributed by atoms with Crippen molar-refractivity contribution in [1.29, 1.82) is 0 Å². The predicted octanol–water partition coefficient (Wildman–Crippen LogP) is 4.67. The lowest BCUT2D eigenvalue weighted by atomic mass is 10.3. The lowest BCUT2D eigenvalue weighted by Gasteiger charge is -2.10. The van der Waals surface area contributed by atoms with E-state index >= 15 is 0 Å². The fraction of sp³-hybridized carbons (Fsp3) is 0.0625. The summed E-state index contributed by atoms with van der Waals surface area (Å²) in [6.45, 7) is 3.72. The summed E-state index contributed by atoms with van der Waals surface area (Å²) in [5, 5.41) is 29.6. The fourth-order valence-electron chi connectivity index (χ4n) is 3.73. The van der Waals surface area contributed by atoms with Crippen LogP contribution in [0.2, 0.25) is 5.15 Å². The summed E-state index contributed by atoms with van der Waals surface area (Å²) in [6.07, 6.45) is 6.17. The molecule has 17 heteroatoms. The number of nitrogens with one attached hydrogen (secondary N) is 2. The Morgan fingerprint density at radius 2 is 1.27 bits per heavy atom. The van der Waals surface area contributed by atoms with Gasteiger partial charge in [-0.25, -0.2) is 9.97 Å². The van der Waals surface area contributed by atoms with Gasteiger partial charge in [0.25, 0.3) is 11.8 Å². The lowest BCUT2D eigenvalue weighted by Crippen LogP contribution is -2.16. The number of nitrogens with two attached hydrogens (primary N) is 2. The molecule has 2 amide bonds. The van der Waals surface area contributed by atoms with Crippen molar-refractivity contribution in [3.63, 3.8) is 0 Å². The molecular formula is C32H29ClN12O4. The highest BCUT2D eigenvalue weighted by Gasteiger charge is 2.15. The third-order valence-corrected chi connectivity index (χ3v) is 5.99. The number of carbonyl (C=O) groups excluding carboxylic acids is 2. The van der Waals surface area contributed by atoms with Gasteiger partial charge in [0.05, 0.1) is 23.8 Å². The van der Waals surface area contributed by atoms with Crippen molar-refractivity contribution in [2.24, 2.45) is 11.5 Å². The first-order valence-corrected chi connectivity index (χ1v) is 14.5. The van der Waals surface area contributed by atoms with Crippen molar-refractivity contribution in [2.45, 2.75) is 13.8 Å². The number of rotatable bonds is 8. The number of halogens is 1. The van der Waals surface area contributed by atoms with E-state index in [9.17, 15) is 9.59 Å². The number of aryl methyl sites for hydroxylation is 2. The van der Waals surface area contributed by atoms with Gasteiger partial charge in [0.1, 0.15) is 23.1 Å². The van der Waals surface area contributed by atoms with Crippen LogP contribution in [0.1, 0.15) is 32.4 Å². The average Bonchev–Trinajstić information content (AvgIpc) is 3.06. The van der Waals surface area contributed by atoms with Gasteiger partial charge in [-0.05, 0) is 62.4 Å². The summed E-state index contributed by atoms with van der Waals surface area (Å²) in [6, 6.07) is 20.6. The predicted molar refractivity (Wildman–Crippen MR) is 181 cm³/mol. The highest BCUT2D eigenvalue weighted by Crippen LogP contribution is 2.25. The number of aromatic nitrogens is 8. The average molecular weight is 681 g/mol. The van der Waals surface area contributed by atoms with Crippen LogP contribution >= 0.6 is 11.6 Å². The number of hydrogen-bond acceptors (Lipinski definition) is 14. The van der Waals surface area contributed by atoms with Crippen LogP contribution in [-0.2, 0) is 0 Å². The Morgan fingerprint density at radius 1 is 0.714 bits per heavy atom. The number of aromatic hydroxyl groups is 1. The number of anilines is 4. The molecule has 0 aliphatic rings. The highest BCUT2D eigenvalue weighted by molar-refractivity contribution is 6.29. The fourth-order valence-corrected chi connectivity index (χ4v) is 3.88. The van der Waals surface area contributed by atoms with Crippen molar-refractivity contribution in [3.8, 4) is 17.4 Å². The number of amides is 2. The second-order valence-corrected chi connectivity index (χ2v) is 10.1. The van der Waals surface area contributed by atoms with Crippen LogP contribution in [0.3, 0.4) is 0 Å². The molecule has 0 aliphatic heterocycles. The molecule has 0 fully saturated rings. The van der Waals surface area contributed by atoms with Crippen LogP contribution in [-0.4, -0.2) is 57.3 Å². The minimum Gasteiger partial charge on any atom is -0.506 e. The number of pyridine rings is 4. The third kappa shape index (κ3) is 11.2. The minimum atomic E-state index is -0.703. The van der Waals surface area contributed by atoms with E-state index in [1.807, 2.05) is 38.1 Å². The number of ether oxygens (including phenoxy) is 1. The number of hydrogen-bond donors (Lipinski definition) is 5. The maximum atomic E-state index is 11.6. The lowest BCUT2D eigenvalue weighted by molar-refractivity contribution is 0.0987. The van der Waals surface area contributed by atoms with Crippen LogP contribution in [0.4, 0.5) is 23.0 Å². The molecule has 0 radical (unpaired) electrons. The molecule has 248 valence electrons. The molecule has 7 N–H and O–H groups in total. The van der Waals surface area contributed by atoms with Gasteiger partial charge in [-0.3, -0.25) is 19.6 Å². The first-order valence-electron chi connectivity index (χ1n) is 14.2. The van der Waals surface area contributed by atoms with Crippen LogP contribution < -0.4 is 26.8 Å². The molecule has 0 saturated carbocycles. The molecular weight excluding hydrogens is 652 g/mol. The van der Waals surface area contributed by atoms with Crippen LogP contribution in [0.5, 0.6) is 17.4 Å². The Hall–Kier alpha value is -6.81. The molecule has 0 aliphatic carbocycles. The van der Waals surface area contributed by atoms with E-state index in [2.05, 4.69) is 51.0 Å². The van der Waals surface area contributed by atoms with Gasteiger partial charge in [-0.1, -0.05) is 23.7 Å². The van der Waals surface area contributed by atoms with E-state index < -0.39 is 11.8 Å². The minimum absolute atomic E-state index is 0.00292. The molecule has 6 heterocycles. The van der Waals surface area contributed by atoms with Crippen molar-refractivity contribution in [3.05, 3.63) is 126 Å². The standard InChI is InChI=1S/C16H14N6O2.C11H10ClN5O.C5H5NO/c1-10-4-2-6-13(19-10)20-12-8-14(21-22-15(12)16(17)23)24-11-5-3-7-18-9-11;1-6-3-2-4-9(14-6)15-7-5-8(12)16-17-10(7)11(13)18;7-5-2-1-3-6-4-5/h2-9H,1H3,(H2,17,23)(H,19,20,21);2-5H,1H3,(H2,13,18)(H,14,15,16);1-4,7H. The molecule has 16 nitrogen and oxygen atoms in total. The van der Waals surface area contributed by atoms with Gasteiger partial charge < -0.3 is 31.9 Å². The molecule has 0 atom stereocenters. The van der Waals surface area contributed by atoms with Gasteiger partial charge in [0.2, 0.25) is 5.88 Å². The Bertz CT molecular complexity index is 2020. The topological polar surface area (TPSA) is 243 Å². The quantitative estimate of drug-likeness (QED) is 0.147. The Kier molecular flexibility index (Phi) is 12.3. The monoisotopic (exact) mass is 680 g/mol. The Morgan fingerprint density at radius 3 is 1.73 bits per heavy atom. The highest BCUT2D eigenvalue weighted by atomic mass is 35.5. The molecule has 49 heavy (non-hydrogen) atoms. The summed E-state index contributed by atoms with van der Waals surface area (Å²) in [5.74, 6) is 0.642. The van der Waals surface area contributed by atoms with Crippen LogP contribution in [0, 0.1) is 13.8 Å². The maximum absolute atomic E-state index is 11.6. The van der Waals surface area contributed by atoms with Gasteiger partial charge >= 0.3 is 0 Å². The molecule has 0 bridgehead atoms. The maximum Gasteiger partial charge on any atom is 0.271 e. The van der Waals surface area contributed by atoms with Gasteiger partial charge in [0, 0.05) is 35.9 Å². The zero-order valence-corrected chi connectivity index (χ0v) is 26.8. The normalized spacial score (nSPS) is 9.94. The second kappa shape index (κ2) is 17.2. The summed E-state index contributed by atoms with van der Waals surface area (Å²) in [4.78, 5) is 38.9. The van der Waals surface area contributed by atoms with Gasteiger partial charge in [-0.2, -0.15) is 0 Å². The number of carbonyl (C=O) groups is 2. The van der Waals surface area contributed by atoms with E-state index in [1.54, 1.807) is 55.0 Å². The van der Waals surface area contributed by atoms with Crippen molar-refractivity contribution < 1.29 is 19.4 Å². The van der Waals surface area contributed by atoms with E-state index in [0.29, 0.717) is 28.8 Å². The van der Waals surface area contributed by atoms with E-state index in [-0.39, 0.29) is 28.2 Å². The number of primary amides is 2. The SMILES string of the molecule is Cc1cccc(Nc2cc(Cl)nnc2C(N)=O)n1.Cc1cccc(Nc2cc(Oc3cccnc3)nnc2C(N)=O)n1.Oc1cccnc1. The number of nitrogens with zero attached hydrogens (tertiary/aromatic N) is 8. The summed E-state index contributed by atoms with van der Waals surface area (Å²) < 4.78 is 5.57. The van der Waals surface area contributed by atoms with Crippen molar-refractivity contribution in [2.75, 3.05) is 10.6 Å². The molecule has 6 rings (SSSR count). The molecule has 0 unspecified atom stereocenters. The first kappa shape index (κ1) is 35.1. The largest absolute Gasteiger partial charge is 0.506 e. The smallest absolute Gasteiger partial charge is 0.271 e. The molecule has 6 aromatic rings. The zero-order valence-electron chi connectivity index (χ0n) is 26.0. The van der Waals surface area contributed by atoms with E-state index in [4.69, 9.17) is 32.9 Å². The van der Waals surface area contributed by atoms with Crippen molar-refractivity contribution >= 4 is 46.4 Å². The summed E-state index contributed by atoms with van der Waals surface area (Å²) in [5.41, 5.74) is 13.0. The van der Waals surface area contributed by atoms with Gasteiger partial charge in [0.15, 0.2) is 16.5 Å². The van der Waals surface area contributed by atoms with E-state index in [1.165, 1.54) is 18.3 Å².